The molecule has 1 aliphatic carbocycles. The summed E-state index contributed by atoms with van der Waals surface area (Å²) >= 11 is 0. The van der Waals surface area contributed by atoms with Crippen molar-refractivity contribution in [1.82, 2.24) is 15.5 Å². The third kappa shape index (κ3) is 3.83. The van der Waals surface area contributed by atoms with Crippen LogP contribution in [-0.4, -0.2) is 66.9 Å². The van der Waals surface area contributed by atoms with Gasteiger partial charge in [0.15, 0.2) is 0 Å². The van der Waals surface area contributed by atoms with Crippen molar-refractivity contribution in [1.29, 1.82) is 0 Å². The lowest BCUT2D eigenvalue weighted by Crippen LogP contribution is -2.56. The van der Waals surface area contributed by atoms with E-state index in [0.717, 1.165) is 45.7 Å². The normalized spacial score (nSPS) is 22.4. The number of nitrogens with one attached hydrogen (secondary N) is 2. The van der Waals surface area contributed by atoms with Crippen LogP contribution in [0, 0.1) is 0 Å². The number of nitrogens with zero attached hydrogens (tertiary/aromatic N) is 1. The third-order valence-electron chi connectivity index (χ3n) is 4.04. The van der Waals surface area contributed by atoms with Crippen LogP contribution in [0.2, 0.25) is 0 Å². The van der Waals surface area contributed by atoms with Gasteiger partial charge in [0.25, 0.3) is 0 Å². The van der Waals surface area contributed by atoms with Crippen molar-refractivity contribution in [3.63, 3.8) is 0 Å². The second-order valence-corrected chi connectivity index (χ2v) is 5.43. The van der Waals surface area contributed by atoms with Gasteiger partial charge in [-0.05, 0) is 12.8 Å². The standard InChI is InChI=1S/C13H23N3O4/c17-11(18)13(3-1-2-4-13)15-12(19)14-5-6-16-7-9-20-10-8-16/h1-10H2,(H,17,18)(H2,14,15,19). The van der Waals surface area contributed by atoms with E-state index in [-0.39, 0.29) is 6.03 Å². The molecule has 1 saturated carbocycles. The highest BCUT2D eigenvalue weighted by molar-refractivity contribution is 5.86. The van der Waals surface area contributed by atoms with Crippen molar-refractivity contribution in [3.05, 3.63) is 0 Å². The van der Waals surface area contributed by atoms with Crippen molar-refractivity contribution in [2.24, 2.45) is 0 Å². The topological polar surface area (TPSA) is 90.9 Å². The smallest absolute Gasteiger partial charge is 0.329 e. The van der Waals surface area contributed by atoms with Crippen LogP contribution in [-0.2, 0) is 9.53 Å². The molecule has 2 fully saturated rings. The minimum Gasteiger partial charge on any atom is -0.480 e. The van der Waals surface area contributed by atoms with Crippen LogP contribution in [0.3, 0.4) is 0 Å². The number of carboxylic acids is 1. The van der Waals surface area contributed by atoms with E-state index in [4.69, 9.17) is 4.74 Å². The zero-order chi connectivity index (χ0) is 14.4. The number of carboxylic acid groups (broad SMARTS) is 1. The summed E-state index contributed by atoms with van der Waals surface area (Å²) in [5.41, 5.74) is -1.07. The number of hydrogen-bond donors (Lipinski definition) is 3. The van der Waals surface area contributed by atoms with Gasteiger partial charge in [0.1, 0.15) is 5.54 Å². The predicted molar refractivity (Wildman–Crippen MR) is 72.6 cm³/mol. The van der Waals surface area contributed by atoms with Crippen LogP contribution in [0.4, 0.5) is 4.79 Å². The molecule has 2 rings (SSSR count). The molecule has 1 heterocycles. The molecule has 0 unspecified atom stereocenters. The quantitative estimate of drug-likeness (QED) is 0.662. The minimum absolute atomic E-state index is 0.387. The summed E-state index contributed by atoms with van der Waals surface area (Å²) in [6.45, 7) is 4.49. The highest BCUT2D eigenvalue weighted by Crippen LogP contribution is 2.29. The predicted octanol–water partition coefficient (Wildman–Crippen LogP) is 0.0152. The average molecular weight is 285 g/mol. The molecule has 1 saturated heterocycles. The number of urea groups is 1. The third-order valence-corrected chi connectivity index (χ3v) is 4.04. The maximum atomic E-state index is 11.8. The fourth-order valence-electron chi connectivity index (χ4n) is 2.78. The lowest BCUT2D eigenvalue weighted by molar-refractivity contribution is -0.144. The highest BCUT2D eigenvalue weighted by Gasteiger charge is 2.42. The molecule has 0 spiro atoms. The van der Waals surface area contributed by atoms with Gasteiger partial charge in [-0.2, -0.15) is 0 Å². The van der Waals surface area contributed by atoms with E-state index in [1.54, 1.807) is 0 Å². The number of aliphatic carboxylic acids is 1. The number of hydrogen-bond acceptors (Lipinski definition) is 4. The number of ether oxygens (including phenoxy) is 1. The molecule has 0 radical (unpaired) electrons. The summed E-state index contributed by atoms with van der Waals surface area (Å²) in [6.07, 6.45) is 2.72. The van der Waals surface area contributed by atoms with E-state index in [9.17, 15) is 14.7 Å². The number of carbonyl (C=O) groups is 2. The van der Waals surface area contributed by atoms with Crippen LogP contribution in [0.1, 0.15) is 25.7 Å². The van der Waals surface area contributed by atoms with Crippen LogP contribution in [0.15, 0.2) is 0 Å². The first-order chi connectivity index (χ1) is 9.62. The van der Waals surface area contributed by atoms with E-state index >= 15 is 0 Å². The first kappa shape index (κ1) is 15.1. The fraction of sp³-hybridized carbons (Fsp3) is 0.846. The van der Waals surface area contributed by atoms with Crippen molar-refractivity contribution < 1.29 is 19.4 Å². The minimum atomic E-state index is -1.07. The summed E-state index contributed by atoms with van der Waals surface area (Å²) in [4.78, 5) is 25.4. The molecule has 20 heavy (non-hydrogen) atoms. The van der Waals surface area contributed by atoms with Gasteiger partial charge in [-0.1, -0.05) is 12.8 Å². The molecular formula is C13H23N3O4. The van der Waals surface area contributed by atoms with Crippen molar-refractivity contribution in [3.8, 4) is 0 Å². The van der Waals surface area contributed by atoms with Crippen molar-refractivity contribution >= 4 is 12.0 Å². The Balaban J connectivity index is 1.70. The lowest BCUT2D eigenvalue weighted by atomic mass is 9.98. The Morgan fingerprint density at radius 1 is 1.20 bits per heavy atom. The van der Waals surface area contributed by atoms with Crippen molar-refractivity contribution in [2.75, 3.05) is 39.4 Å². The summed E-state index contributed by atoms with van der Waals surface area (Å²) in [6, 6.07) is -0.387. The SMILES string of the molecule is O=C(NCCN1CCOCC1)NC1(C(=O)O)CCCC1. The summed E-state index contributed by atoms with van der Waals surface area (Å²) in [5.74, 6) is -0.932. The molecule has 2 aliphatic rings. The van der Waals surface area contributed by atoms with Crippen LogP contribution < -0.4 is 10.6 Å². The number of rotatable bonds is 5. The van der Waals surface area contributed by atoms with Gasteiger partial charge in [-0.25, -0.2) is 9.59 Å². The molecule has 114 valence electrons. The lowest BCUT2D eigenvalue weighted by Gasteiger charge is -2.28. The van der Waals surface area contributed by atoms with Gasteiger partial charge in [0.2, 0.25) is 0 Å². The molecule has 0 bridgehead atoms. The Hall–Kier alpha value is -1.34. The molecule has 0 aromatic rings. The number of carbonyl (C=O) groups excluding carboxylic acids is 1. The first-order valence-electron chi connectivity index (χ1n) is 7.22. The maximum Gasteiger partial charge on any atom is 0.329 e. The van der Waals surface area contributed by atoms with Gasteiger partial charge in [0, 0.05) is 26.2 Å². The van der Waals surface area contributed by atoms with Crippen LogP contribution >= 0.6 is 0 Å². The summed E-state index contributed by atoms with van der Waals surface area (Å²) in [5, 5.41) is 14.7. The zero-order valence-corrected chi connectivity index (χ0v) is 11.7. The Kier molecular flexibility index (Phi) is 5.19. The van der Waals surface area contributed by atoms with Crippen LogP contribution in [0.5, 0.6) is 0 Å². The molecular weight excluding hydrogens is 262 g/mol. The molecule has 2 amide bonds. The van der Waals surface area contributed by atoms with E-state index in [1.807, 2.05) is 0 Å². The zero-order valence-electron chi connectivity index (χ0n) is 11.7. The van der Waals surface area contributed by atoms with Gasteiger partial charge in [-0.3, -0.25) is 4.90 Å². The van der Waals surface area contributed by atoms with E-state index < -0.39 is 11.5 Å². The highest BCUT2D eigenvalue weighted by atomic mass is 16.5. The van der Waals surface area contributed by atoms with E-state index in [2.05, 4.69) is 15.5 Å². The second-order valence-electron chi connectivity index (χ2n) is 5.43. The summed E-state index contributed by atoms with van der Waals surface area (Å²) in [7, 11) is 0. The van der Waals surface area contributed by atoms with Crippen LogP contribution in [0.25, 0.3) is 0 Å². The Labute approximate surface area is 118 Å². The van der Waals surface area contributed by atoms with Gasteiger partial charge in [0.05, 0.1) is 13.2 Å². The Bertz CT molecular complexity index is 350. The van der Waals surface area contributed by atoms with Gasteiger partial charge in [-0.15, -0.1) is 0 Å². The Morgan fingerprint density at radius 3 is 2.45 bits per heavy atom. The Morgan fingerprint density at radius 2 is 1.85 bits per heavy atom. The first-order valence-corrected chi connectivity index (χ1v) is 7.22. The fourth-order valence-corrected chi connectivity index (χ4v) is 2.78. The molecule has 0 atom stereocenters. The molecule has 7 heteroatoms. The summed E-state index contributed by atoms with van der Waals surface area (Å²) < 4.78 is 5.25. The van der Waals surface area contributed by atoms with E-state index in [1.165, 1.54) is 0 Å². The second kappa shape index (κ2) is 6.90. The van der Waals surface area contributed by atoms with Crippen molar-refractivity contribution in [2.45, 2.75) is 31.2 Å². The average Bonchev–Trinajstić information content (AvgIpc) is 2.90. The molecule has 7 nitrogen and oxygen atoms in total. The molecule has 0 aromatic carbocycles. The van der Waals surface area contributed by atoms with Gasteiger partial charge >= 0.3 is 12.0 Å². The number of morpholine rings is 1. The maximum absolute atomic E-state index is 11.8. The molecule has 3 N–H and O–H groups in total. The molecule has 0 aromatic heterocycles. The molecule has 1 aliphatic heterocycles. The number of amides is 2. The van der Waals surface area contributed by atoms with E-state index in [0.29, 0.717) is 19.4 Å². The largest absolute Gasteiger partial charge is 0.480 e. The monoisotopic (exact) mass is 285 g/mol. The van der Waals surface area contributed by atoms with Gasteiger partial charge < -0.3 is 20.5 Å².